The van der Waals surface area contributed by atoms with Crippen molar-refractivity contribution < 1.29 is 4.79 Å². The number of H-pyrrole nitrogens is 1. The van der Waals surface area contributed by atoms with Gasteiger partial charge in [-0.1, -0.05) is 24.3 Å². The van der Waals surface area contributed by atoms with Gasteiger partial charge >= 0.3 is 0 Å². The van der Waals surface area contributed by atoms with E-state index >= 15 is 0 Å². The van der Waals surface area contributed by atoms with Crippen LogP contribution in [0.15, 0.2) is 24.3 Å². The van der Waals surface area contributed by atoms with Crippen LogP contribution < -0.4 is 11.1 Å². The molecule has 1 aliphatic carbocycles. The number of nitrogens with zero attached hydrogens (tertiary/aromatic N) is 2. The second kappa shape index (κ2) is 4.14. The Morgan fingerprint density at radius 1 is 1.33 bits per heavy atom. The summed E-state index contributed by atoms with van der Waals surface area (Å²) in [5, 5.41) is 9.06. The first-order valence-corrected chi connectivity index (χ1v) is 5.78. The summed E-state index contributed by atoms with van der Waals surface area (Å²) in [5.74, 6) is -0.0321. The minimum Gasteiger partial charge on any atom is -0.366 e. The average molecular weight is 243 g/mol. The molecular formula is C12H13N5O. The van der Waals surface area contributed by atoms with Crippen LogP contribution in [0.5, 0.6) is 0 Å². The zero-order chi connectivity index (χ0) is 12.5. The first kappa shape index (κ1) is 10.8. The van der Waals surface area contributed by atoms with Gasteiger partial charge in [0.15, 0.2) is 0 Å². The molecule has 18 heavy (non-hydrogen) atoms. The third-order valence-corrected chi connectivity index (χ3v) is 3.10. The van der Waals surface area contributed by atoms with Gasteiger partial charge in [0.1, 0.15) is 0 Å². The summed E-state index contributed by atoms with van der Waals surface area (Å²) < 4.78 is 0. The molecule has 2 aromatic rings. The van der Waals surface area contributed by atoms with Gasteiger partial charge < -0.3 is 11.1 Å². The van der Waals surface area contributed by atoms with Crippen molar-refractivity contribution in [2.24, 2.45) is 0 Å². The number of rotatable bonds is 2. The molecule has 0 unspecified atom stereocenters. The molecule has 0 spiro atoms. The smallest absolute Gasteiger partial charge is 0.288 e. The van der Waals surface area contributed by atoms with E-state index in [9.17, 15) is 4.79 Å². The number of nitrogens with two attached hydrogens (primary N) is 1. The van der Waals surface area contributed by atoms with E-state index in [0.29, 0.717) is 0 Å². The fourth-order valence-corrected chi connectivity index (χ4v) is 2.29. The van der Waals surface area contributed by atoms with Crippen LogP contribution in [0.2, 0.25) is 0 Å². The fourth-order valence-electron chi connectivity index (χ4n) is 2.29. The van der Waals surface area contributed by atoms with Crippen molar-refractivity contribution in [2.75, 3.05) is 5.73 Å². The number of amides is 1. The summed E-state index contributed by atoms with van der Waals surface area (Å²) in [6.07, 6.45) is 1.71. The molecular weight excluding hydrogens is 230 g/mol. The lowest BCUT2D eigenvalue weighted by molar-refractivity contribution is 0.0928. The van der Waals surface area contributed by atoms with E-state index in [0.717, 1.165) is 12.8 Å². The Kier molecular flexibility index (Phi) is 2.47. The number of aromatic nitrogens is 3. The normalized spacial score (nSPS) is 14.4. The van der Waals surface area contributed by atoms with E-state index in [1.54, 1.807) is 0 Å². The molecule has 6 nitrogen and oxygen atoms in total. The topological polar surface area (TPSA) is 96.7 Å². The first-order valence-electron chi connectivity index (χ1n) is 5.78. The van der Waals surface area contributed by atoms with Crippen molar-refractivity contribution in [1.29, 1.82) is 0 Å². The lowest BCUT2D eigenvalue weighted by Gasteiger charge is -2.09. The Balaban J connectivity index is 1.68. The predicted molar refractivity (Wildman–Crippen MR) is 65.9 cm³/mol. The average Bonchev–Trinajstić information content (AvgIpc) is 2.94. The number of benzene rings is 1. The number of nitrogens with one attached hydrogen (secondary N) is 2. The predicted octanol–water partition coefficient (Wildman–Crippen LogP) is 0.284. The third kappa shape index (κ3) is 1.92. The van der Waals surface area contributed by atoms with Gasteiger partial charge in [-0.2, -0.15) is 4.98 Å². The molecule has 4 N–H and O–H groups in total. The van der Waals surface area contributed by atoms with Gasteiger partial charge in [-0.25, -0.2) is 0 Å². The largest absolute Gasteiger partial charge is 0.366 e. The summed E-state index contributed by atoms with van der Waals surface area (Å²) >= 11 is 0. The van der Waals surface area contributed by atoms with Crippen molar-refractivity contribution in [1.82, 2.24) is 20.5 Å². The van der Waals surface area contributed by atoms with E-state index in [-0.39, 0.29) is 23.7 Å². The van der Waals surface area contributed by atoms with Crippen molar-refractivity contribution in [3.8, 4) is 0 Å². The van der Waals surface area contributed by atoms with Crippen LogP contribution in [-0.4, -0.2) is 27.1 Å². The Bertz CT molecular complexity index is 567. The lowest BCUT2D eigenvalue weighted by atomic mass is 10.1. The highest BCUT2D eigenvalue weighted by Gasteiger charge is 2.23. The minimum absolute atomic E-state index is 0.0786. The van der Waals surface area contributed by atoms with Gasteiger partial charge in [-0.3, -0.25) is 9.89 Å². The molecule has 92 valence electrons. The summed E-state index contributed by atoms with van der Waals surface area (Å²) in [5.41, 5.74) is 7.94. The first-order chi connectivity index (χ1) is 8.72. The van der Waals surface area contributed by atoms with Gasteiger partial charge in [0.2, 0.25) is 11.8 Å². The Hall–Kier alpha value is -2.37. The molecule has 1 heterocycles. The molecule has 0 radical (unpaired) electrons. The highest BCUT2D eigenvalue weighted by molar-refractivity contribution is 5.90. The summed E-state index contributed by atoms with van der Waals surface area (Å²) in [4.78, 5) is 15.7. The summed E-state index contributed by atoms with van der Waals surface area (Å²) in [6.45, 7) is 0. The molecule has 0 fully saturated rings. The Morgan fingerprint density at radius 2 is 2.00 bits per heavy atom. The van der Waals surface area contributed by atoms with Crippen LogP contribution in [0.3, 0.4) is 0 Å². The number of carbonyl (C=O) groups excluding carboxylic acids is 1. The second-order valence-electron chi connectivity index (χ2n) is 4.39. The van der Waals surface area contributed by atoms with E-state index in [1.165, 1.54) is 11.1 Å². The van der Waals surface area contributed by atoms with Gasteiger partial charge in [0.25, 0.3) is 5.91 Å². The number of hydrogen-bond acceptors (Lipinski definition) is 4. The fraction of sp³-hybridized carbons (Fsp3) is 0.250. The van der Waals surface area contributed by atoms with Gasteiger partial charge in [0.05, 0.1) is 0 Å². The maximum Gasteiger partial charge on any atom is 0.288 e. The number of aromatic amines is 1. The second-order valence-corrected chi connectivity index (χ2v) is 4.39. The molecule has 1 amide bonds. The molecule has 3 rings (SSSR count). The van der Waals surface area contributed by atoms with E-state index in [4.69, 9.17) is 5.73 Å². The summed E-state index contributed by atoms with van der Waals surface area (Å²) in [7, 11) is 0. The van der Waals surface area contributed by atoms with Crippen LogP contribution in [0.1, 0.15) is 21.7 Å². The third-order valence-electron chi connectivity index (χ3n) is 3.10. The molecule has 0 atom stereocenters. The Morgan fingerprint density at radius 3 is 2.56 bits per heavy atom. The van der Waals surface area contributed by atoms with Crippen LogP contribution in [0, 0.1) is 0 Å². The molecule has 0 bridgehead atoms. The van der Waals surface area contributed by atoms with Crippen molar-refractivity contribution in [2.45, 2.75) is 18.9 Å². The molecule has 0 saturated carbocycles. The zero-order valence-electron chi connectivity index (χ0n) is 9.68. The number of nitrogen functional groups attached to an aromatic ring is 1. The maximum absolute atomic E-state index is 11.9. The van der Waals surface area contributed by atoms with E-state index < -0.39 is 0 Å². The van der Waals surface area contributed by atoms with E-state index in [1.807, 2.05) is 12.1 Å². The summed E-state index contributed by atoms with van der Waals surface area (Å²) in [6, 6.07) is 8.32. The van der Waals surface area contributed by atoms with Crippen molar-refractivity contribution >= 4 is 11.9 Å². The molecule has 0 aliphatic heterocycles. The molecule has 1 aliphatic rings. The number of carbonyl (C=O) groups is 1. The maximum atomic E-state index is 11.9. The standard InChI is InChI=1S/C12H13N5O/c13-12-15-10(16-17-12)11(18)14-9-5-7-3-1-2-4-8(7)6-9/h1-4,9H,5-6H2,(H,14,18)(H3,13,15,16,17). The van der Waals surface area contributed by atoms with E-state index in [2.05, 4.69) is 32.6 Å². The number of hydrogen-bond donors (Lipinski definition) is 3. The number of anilines is 1. The van der Waals surface area contributed by atoms with Gasteiger partial charge in [-0.15, -0.1) is 5.10 Å². The highest BCUT2D eigenvalue weighted by atomic mass is 16.2. The molecule has 0 saturated heterocycles. The van der Waals surface area contributed by atoms with Crippen LogP contribution >= 0.6 is 0 Å². The van der Waals surface area contributed by atoms with Crippen LogP contribution in [-0.2, 0) is 12.8 Å². The molecule has 1 aromatic heterocycles. The zero-order valence-corrected chi connectivity index (χ0v) is 9.68. The van der Waals surface area contributed by atoms with Gasteiger partial charge in [0, 0.05) is 6.04 Å². The van der Waals surface area contributed by atoms with Crippen LogP contribution in [0.25, 0.3) is 0 Å². The van der Waals surface area contributed by atoms with Crippen molar-refractivity contribution in [3.05, 3.63) is 41.2 Å². The molecule has 1 aromatic carbocycles. The Labute approximate surface area is 104 Å². The van der Waals surface area contributed by atoms with Gasteiger partial charge in [-0.05, 0) is 24.0 Å². The molecule has 6 heteroatoms. The highest BCUT2D eigenvalue weighted by Crippen LogP contribution is 2.21. The quantitative estimate of drug-likeness (QED) is 0.706. The number of fused-ring (bicyclic) bond motifs is 1. The minimum atomic E-state index is -0.267. The SMILES string of the molecule is Nc1n[nH]c(C(=O)NC2Cc3ccccc3C2)n1. The van der Waals surface area contributed by atoms with Crippen LogP contribution in [0.4, 0.5) is 5.95 Å². The monoisotopic (exact) mass is 243 g/mol. The lowest BCUT2D eigenvalue weighted by Crippen LogP contribution is -2.35. The van der Waals surface area contributed by atoms with Crippen molar-refractivity contribution in [3.63, 3.8) is 0 Å².